The van der Waals surface area contributed by atoms with Crippen LogP contribution in [0.4, 0.5) is 5.69 Å². The fraction of sp³-hybridized carbons (Fsp3) is 0.211. The molecule has 0 fully saturated rings. The highest BCUT2D eigenvalue weighted by molar-refractivity contribution is 6.08. The molecule has 120 valence electrons. The van der Waals surface area contributed by atoms with Gasteiger partial charge in [0.05, 0.1) is 24.3 Å². The number of amides is 1. The van der Waals surface area contributed by atoms with Crippen LogP contribution in [0.1, 0.15) is 38.3 Å². The maximum absolute atomic E-state index is 12.9. The van der Waals surface area contributed by atoms with Gasteiger partial charge in [0.2, 0.25) is 0 Å². The monoisotopic (exact) mass is 320 g/mol. The molecule has 1 amide bonds. The molecule has 5 heteroatoms. The molecule has 0 unspecified atom stereocenters. The first kappa shape index (κ1) is 15.8. The molecule has 0 radical (unpaired) electrons. The Labute approximate surface area is 140 Å². The van der Waals surface area contributed by atoms with Crippen molar-refractivity contribution in [2.24, 2.45) is 0 Å². The molecule has 0 aromatic heterocycles. The Morgan fingerprint density at radius 1 is 1.21 bits per heavy atom. The maximum atomic E-state index is 12.9. The number of ether oxygens (including phenoxy) is 1. The summed E-state index contributed by atoms with van der Waals surface area (Å²) in [6.45, 7) is 0.577. The first-order valence-corrected chi connectivity index (χ1v) is 7.68. The number of hydrogen-bond donors (Lipinski definition) is 0. The number of nitriles is 1. The van der Waals surface area contributed by atoms with Gasteiger partial charge in [0.1, 0.15) is 0 Å². The highest BCUT2D eigenvalue weighted by Crippen LogP contribution is 2.31. The summed E-state index contributed by atoms with van der Waals surface area (Å²) in [5.41, 5.74) is 2.97. The number of carbonyl (C=O) groups excluding carboxylic acids is 2. The molecular formula is C19H16N2O3. The van der Waals surface area contributed by atoms with E-state index in [0.29, 0.717) is 23.2 Å². The van der Waals surface area contributed by atoms with Crippen molar-refractivity contribution < 1.29 is 14.3 Å². The van der Waals surface area contributed by atoms with Gasteiger partial charge in [-0.15, -0.1) is 0 Å². The van der Waals surface area contributed by atoms with Crippen molar-refractivity contribution in [1.29, 1.82) is 5.26 Å². The van der Waals surface area contributed by atoms with E-state index in [2.05, 4.69) is 0 Å². The molecule has 0 bridgehead atoms. The zero-order chi connectivity index (χ0) is 17.1. The number of esters is 1. The summed E-state index contributed by atoms with van der Waals surface area (Å²) in [6, 6.07) is 14.0. The van der Waals surface area contributed by atoms with Gasteiger partial charge < -0.3 is 9.64 Å². The van der Waals surface area contributed by atoms with E-state index in [4.69, 9.17) is 10.00 Å². The maximum Gasteiger partial charge on any atom is 0.338 e. The minimum absolute atomic E-state index is 0.171. The summed E-state index contributed by atoms with van der Waals surface area (Å²) >= 11 is 0. The van der Waals surface area contributed by atoms with Crippen molar-refractivity contribution in [3.63, 3.8) is 0 Å². The van der Waals surface area contributed by atoms with E-state index in [9.17, 15) is 9.59 Å². The van der Waals surface area contributed by atoms with Crippen molar-refractivity contribution in [3.8, 4) is 6.07 Å². The molecule has 1 aliphatic heterocycles. The quantitative estimate of drug-likeness (QED) is 0.798. The van der Waals surface area contributed by atoms with Crippen molar-refractivity contribution in [2.45, 2.75) is 12.8 Å². The van der Waals surface area contributed by atoms with Gasteiger partial charge in [-0.05, 0) is 48.7 Å². The van der Waals surface area contributed by atoms with E-state index in [-0.39, 0.29) is 5.91 Å². The third-order valence-electron chi connectivity index (χ3n) is 4.14. The van der Waals surface area contributed by atoms with Gasteiger partial charge in [-0.1, -0.05) is 12.1 Å². The average Bonchev–Trinajstić information content (AvgIpc) is 2.65. The second-order valence-corrected chi connectivity index (χ2v) is 5.55. The van der Waals surface area contributed by atoms with Crippen LogP contribution in [-0.2, 0) is 11.2 Å². The number of rotatable bonds is 2. The standard InChI is InChI=1S/C19H16N2O3/c1-24-19(23)16-7-3-9-17-15(16)8-4-10-21(17)18(22)14-6-2-5-13(11-14)12-20/h2-3,5-7,9,11H,4,8,10H2,1H3. The van der Waals surface area contributed by atoms with Crippen LogP contribution in [0.15, 0.2) is 42.5 Å². The second kappa shape index (κ2) is 6.55. The van der Waals surface area contributed by atoms with Crippen molar-refractivity contribution in [1.82, 2.24) is 0 Å². The number of methoxy groups -OCH3 is 1. The fourth-order valence-corrected chi connectivity index (χ4v) is 3.01. The molecule has 1 aliphatic rings. The zero-order valence-corrected chi connectivity index (χ0v) is 13.3. The summed E-state index contributed by atoms with van der Waals surface area (Å²) in [6.07, 6.45) is 1.49. The number of fused-ring (bicyclic) bond motifs is 1. The predicted molar refractivity (Wildman–Crippen MR) is 88.9 cm³/mol. The third kappa shape index (κ3) is 2.74. The summed E-state index contributed by atoms with van der Waals surface area (Å²) in [5, 5.41) is 9.01. The van der Waals surface area contributed by atoms with Crippen molar-refractivity contribution >= 4 is 17.6 Å². The summed E-state index contributed by atoms with van der Waals surface area (Å²) in [7, 11) is 1.35. The van der Waals surface area contributed by atoms with Crippen LogP contribution in [0.2, 0.25) is 0 Å². The number of hydrogen-bond acceptors (Lipinski definition) is 4. The number of benzene rings is 2. The molecule has 1 heterocycles. The van der Waals surface area contributed by atoms with Crippen LogP contribution in [0.25, 0.3) is 0 Å². The highest BCUT2D eigenvalue weighted by Gasteiger charge is 2.27. The van der Waals surface area contributed by atoms with Gasteiger partial charge in [0, 0.05) is 17.8 Å². The molecule has 5 nitrogen and oxygen atoms in total. The lowest BCUT2D eigenvalue weighted by Gasteiger charge is -2.30. The zero-order valence-electron chi connectivity index (χ0n) is 13.3. The van der Waals surface area contributed by atoms with Crippen LogP contribution < -0.4 is 4.90 Å². The second-order valence-electron chi connectivity index (χ2n) is 5.55. The molecule has 2 aromatic rings. The number of nitrogens with zero attached hydrogens (tertiary/aromatic N) is 2. The molecular weight excluding hydrogens is 304 g/mol. The van der Waals surface area contributed by atoms with Crippen LogP contribution in [0.5, 0.6) is 0 Å². The van der Waals surface area contributed by atoms with Gasteiger partial charge in [-0.25, -0.2) is 4.79 Å². The Hall–Kier alpha value is -3.13. The number of carbonyl (C=O) groups is 2. The lowest BCUT2D eigenvalue weighted by atomic mass is 9.95. The lowest BCUT2D eigenvalue weighted by Crippen LogP contribution is -2.36. The van der Waals surface area contributed by atoms with E-state index < -0.39 is 5.97 Å². The van der Waals surface area contributed by atoms with E-state index in [1.165, 1.54) is 7.11 Å². The Balaban J connectivity index is 2.02. The largest absolute Gasteiger partial charge is 0.465 e. The van der Waals surface area contributed by atoms with E-state index >= 15 is 0 Å². The SMILES string of the molecule is COC(=O)c1cccc2c1CCCN2C(=O)c1cccc(C#N)c1. The van der Waals surface area contributed by atoms with Gasteiger partial charge >= 0.3 is 5.97 Å². The Kier molecular flexibility index (Phi) is 4.30. The highest BCUT2D eigenvalue weighted by atomic mass is 16.5. The van der Waals surface area contributed by atoms with Crippen molar-refractivity contribution in [2.75, 3.05) is 18.6 Å². The van der Waals surface area contributed by atoms with Gasteiger partial charge in [-0.2, -0.15) is 5.26 Å². The summed E-state index contributed by atoms with van der Waals surface area (Å²) in [5.74, 6) is -0.567. The Morgan fingerprint density at radius 2 is 2.00 bits per heavy atom. The molecule has 0 N–H and O–H groups in total. The van der Waals surface area contributed by atoms with Gasteiger partial charge in [0.15, 0.2) is 0 Å². The first-order valence-electron chi connectivity index (χ1n) is 7.68. The van der Waals surface area contributed by atoms with E-state index in [1.54, 1.807) is 41.3 Å². The smallest absolute Gasteiger partial charge is 0.338 e. The normalized spacial score (nSPS) is 12.9. The number of anilines is 1. The summed E-state index contributed by atoms with van der Waals surface area (Å²) in [4.78, 5) is 26.5. The van der Waals surface area contributed by atoms with Crippen LogP contribution in [0.3, 0.4) is 0 Å². The Morgan fingerprint density at radius 3 is 2.75 bits per heavy atom. The van der Waals surface area contributed by atoms with E-state index in [0.717, 1.165) is 24.1 Å². The van der Waals surface area contributed by atoms with E-state index in [1.807, 2.05) is 12.1 Å². The van der Waals surface area contributed by atoms with Crippen molar-refractivity contribution in [3.05, 3.63) is 64.7 Å². The molecule has 2 aromatic carbocycles. The van der Waals surface area contributed by atoms with Crippen LogP contribution >= 0.6 is 0 Å². The summed E-state index contributed by atoms with van der Waals surface area (Å²) < 4.78 is 4.83. The van der Waals surface area contributed by atoms with Gasteiger partial charge in [0.25, 0.3) is 5.91 Å². The van der Waals surface area contributed by atoms with Crippen LogP contribution in [0, 0.1) is 11.3 Å². The molecule has 0 atom stereocenters. The molecule has 0 aliphatic carbocycles. The fourth-order valence-electron chi connectivity index (χ4n) is 3.01. The lowest BCUT2D eigenvalue weighted by molar-refractivity contribution is 0.0599. The molecule has 24 heavy (non-hydrogen) atoms. The predicted octanol–water partition coefficient (Wildman–Crippen LogP) is 2.94. The minimum Gasteiger partial charge on any atom is -0.465 e. The third-order valence-corrected chi connectivity index (χ3v) is 4.14. The molecule has 3 rings (SSSR count). The molecule has 0 saturated carbocycles. The Bertz CT molecular complexity index is 852. The minimum atomic E-state index is -0.396. The molecule has 0 spiro atoms. The average molecular weight is 320 g/mol. The molecule has 0 saturated heterocycles. The topological polar surface area (TPSA) is 70.4 Å². The van der Waals surface area contributed by atoms with Crippen LogP contribution in [-0.4, -0.2) is 25.5 Å². The van der Waals surface area contributed by atoms with Gasteiger partial charge in [-0.3, -0.25) is 4.79 Å². The first-order chi connectivity index (χ1) is 11.7.